The van der Waals surface area contributed by atoms with Crippen molar-refractivity contribution in [2.24, 2.45) is 0 Å². The van der Waals surface area contributed by atoms with Gasteiger partial charge in [-0.3, -0.25) is 9.69 Å². The van der Waals surface area contributed by atoms with Crippen molar-refractivity contribution in [1.29, 1.82) is 0 Å². The van der Waals surface area contributed by atoms with Gasteiger partial charge >= 0.3 is 0 Å². The van der Waals surface area contributed by atoms with E-state index >= 15 is 0 Å². The maximum absolute atomic E-state index is 12.6. The second-order valence-corrected chi connectivity index (χ2v) is 6.90. The zero-order valence-electron chi connectivity index (χ0n) is 11.0. The van der Waals surface area contributed by atoms with Gasteiger partial charge in [-0.15, -0.1) is 0 Å². The molecule has 3 rings (SSSR count). The van der Waals surface area contributed by atoms with E-state index in [-0.39, 0.29) is 5.91 Å². The average Bonchev–Trinajstić information content (AvgIpc) is 2.96. The van der Waals surface area contributed by atoms with Crippen LogP contribution in [0, 0.1) is 6.92 Å². The molecule has 0 N–H and O–H groups in total. The maximum atomic E-state index is 12.6. The number of aryl methyl sites for hydroxylation is 1. The van der Waals surface area contributed by atoms with Gasteiger partial charge in [0.25, 0.3) is 5.91 Å². The molecule has 0 unspecified atom stereocenters. The molecule has 2 aromatic rings. The number of halogens is 1. The van der Waals surface area contributed by atoms with Crippen LogP contribution < -0.4 is 4.90 Å². The molecule has 0 bridgehead atoms. The first-order valence-electron chi connectivity index (χ1n) is 6.15. The third-order valence-corrected chi connectivity index (χ3v) is 4.75. The van der Waals surface area contributed by atoms with E-state index in [4.69, 9.17) is 16.6 Å². The molecule has 1 saturated heterocycles. The highest BCUT2D eigenvalue weighted by Crippen LogP contribution is 2.37. The summed E-state index contributed by atoms with van der Waals surface area (Å²) < 4.78 is 6.57. The van der Waals surface area contributed by atoms with Gasteiger partial charge in [0.1, 0.15) is 5.76 Å². The van der Waals surface area contributed by atoms with Crippen LogP contribution in [0.2, 0.25) is 0 Å². The maximum Gasteiger partial charge on any atom is 0.270 e. The second kappa shape index (κ2) is 5.79. The largest absolute Gasteiger partial charge is 0.450 e. The number of hydrogen-bond donors (Lipinski definition) is 0. The third-order valence-electron chi connectivity index (χ3n) is 3.02. The van der Waals surface area contributed by atoms with Crippen molar-refractivity contribution in [3.05, 3.63) is 57.3 Å². The summed E-state index contributed by atoms with van der Waals surface area (Å²) >= 11 is 9.87. The van der Waals surface area contributed by atoms with Gasteiger partial charge < -0.3 is 4.42 Å². The summed E-state index contributed by atoms with van der Waals surface area (Å²) in [5.41, 5.74) is 1.83. The summed E-state index contributed by atoms with van der Waals surface area (Å²) in [5.74, 6) is 0.499. The molecule has 1 aromatic heterocycles. The number of hydrogen-bond acceptors (Lipinski definition) is 4. The Morgan fingerprint density at radius 2 is 2.05 bits per heavy atom. The van der Waals surface area contributed by atoms with Crippen molar-refractivity contribution in [3.63, 3.8) is 0 Å². The summed E-state index contributed by atoms with van der Waals surface area (Å²) in [5, 5.41) is 0. The van der Waals surface area contributed by atoms with Gasteiger partial charge in [-0.2, -0.15) is 0 Å². The van der Waals surface area contributed by atoms with E-state index < -0.39 is 0 Å². The van der Waals surface area contributed by atoms with Crippen LogP contribution in [0.25, 0.3) is 6.08 Å². The number of rotatable bonds is 2. The van der Waals surface area contributed by atoms with Crippen molar-refractivity contribution in [2.45, 2.75) is 6.92 Å². The van der Waals surface area contributed by atoms with Gasteiger partial charge in [0, 0.05) is 6.08 Å². The van der Waals surface area contributed by atoms with Gasteiger partial charge in [-0.25, -0.2) is 0 Å². The Labute approximate surface area is 140 Å². The molecule has 106 valence electrons. The number of anilines is 1. The number of furan rings is 1. The number of thiocarbonyl (C=S) groups is 1. The lowest BCUT2D eigenvalue weighted by Crippen LogP contribution is -2.28. The average molecular weight is 380 g/mol. The molecule has 0 atom stereocenters. The second-order valence-electron chi connectivity index (χ2n) is 4.45. The number of carbonyl (C=O) groups is 1. The monoisotopic (exact) mass is 379 g/mol. The molecule has 1 aliphatic heterocycles. The van der Waals surface area contributed by atoms with Crippen LogP contribution in [0.15, 0.2) is 50.4 Å². The first-order valence-corrected chi connectivity index (χ1v) is 8.17. The normalized spacial score (nSPS) is 17.0. The van der Waals surface area contributed by atoms with Crippen molar-refractivity contribution in [3.8, 4) is 0 Å². The van der Waals surface area contributed by atoms with Gasteiger partial charge in [-0.05, 0) is 46.6 Å². The lowest BCUT2D eigenvalue weighted by molar-refractivity contribution is -0.113. The van der Waals surface area contributed by atoms with E-state index in [0.717, 1.165) is 11.3 Å². The number of para-hydroxylation sites is 1. The van der Waals surface area contributed by atoms with Crippen LogP contribution in [0.3, 0.4) is 0 Å². The molecule has 3 nitrogen and oxygen atoms in total. The standard InChI is InChI=1S/C15H10BrNO2S2/c1-9-4-2-3-5-11(9)17-14(18)12(21-15(17)20)8-10-6-7-13(16)19-10/h2-8H,1H3/b12-8+. The Bertz CT molecular complexity index is 767. The summed E-state index contributed by atoms with van der Waals surface area (Å²) in [6.07, 6.45) is 1.71. The van der Waals surface area contributed by atoms with Crippen LogP contribution >= 0.6 is 39.9 Å². The minimum absolute atomic E-state index is 0.119. The highest BCUT2D eigenvalue weighted by atomic mass is 79.9. The predicted molar refractivity (Wildman–Crippen MR) is 93.2 cm³/mol. The fourth-order valence-electron chi connectivity index (χ4n) is 2.02. The Balaban J connectivity index is 1.96. The number of thioether (sulfide) groups is 1. The fraction of sp³-hybridized carbons (Fsp3) is 0.0667. The highest BCUT2D eigenvalue weighted by molar-refractivity contribution is 9.10. The molecule has 0 radical (unpaired) electrons. The lowest BCUT2D eigenvalue weighted by Gasteiger charge is -2.16. The summed E-state index contributed by atoms with van der Waals surface area (Å²) in [7, 11) is 0. The minimum atomic E-state index is -0.119. The molecule has 1 aliphatic rings. The highest BCUT2D eigenvalue weighted by Gasteiger charge is 2.34. The van der Waals surface area contributed by atoms with Gasteiger partial charge in [-0.1, -0.05) is 42.2 Å². The van der Waals surface area contributed by atoms with Crippen LogP contribution in [0.4, 0.5) is 5.69 Å². The van der Waals surface area contributed by atoms with Crippen molar-refractivity contribution < 1.29 is 9.21 Å². The van der Waals surface area contributed by atoms with Gasteiger partial charge in [0.15, 0.2) is 8.99 Å². The quantitative estimate of drug-likeness (QED) is 0.556. The first-order chi connectivity index (χ1) is 10.1. The third kappa shape index (κ3) is 2.84. The van der Waals surface area contributed by atoms with Crippen LogP contribution in [0.5, 0.6) is 0 Å². The van der Waals surface area contributed by atoms with E-state index in [1.54, 1.807) is 23.1 Å². The molecular weight excluding hydrogens is 370 g/mol. The first kappa shape index (κ1) is 14.6. The number of benzene rings is 1. The van der Waals surface area contributed by atoms with Crippen LogP contribution in [-0.2, 0) is 4.79 Å². The smallest absolute Gasteiger partial charge is 0.270 e. The summed E-state index contributed by atoms with van der Waals surface area (Å²) in [6.45, 7) is 1.96. The van der Waals surface area contributed by atoms with E-state index in [2.05, 4.69) is 15.9 Å². The number of carbonyl (C=O) groups excluding carboxylic acids is 1. The Kier molecular flexibility index (Phi) is 4.01. The van der Waals surface area contributed by atoms with E-state index in [9.17, 15) is 4.79 Å². The molecule has 1 fully saturated rings. The molecule has 1 amide bonds. The fourth-order valence-corrected chi connectivity index (χ4v) is 3.61. The van der Waals surface area contributed by atoms with Crippen molar-refractivity contribution >= 4 is 61.9 Å². The zero-order valence-corrected chi connectivity index (χ0v) is 14.2. The van der Waals surface area contributed by atoms with Crippen LogP contribution in [0.1, 0.15) is 11.3 Å². The Morgan fingerprint density at radius 3 is 2.71 bits per heavy atom. The molecule has 0 spiro atoms. The van der Waals surface area contributed by atoms with Gasteiger partial charge in [0.05, 0.1) is 10.6 Å². The van der Waals surface area contributed by atoms with Gasteiger partial charge in [0.2, 0.25) is 0 Å². The van der Waals surface area contributed by atoms with Crippen LogP contribution in [-0.4, -0.2) is 10.2 Å². The van der Waals surface area contributed by atoms with E-state index in [0.29, 0.717) is 19.7 Å². The van der Waals surface area contributed by atoms with Crippen molar-refractivity contribution in [1.82, 2.24) is 0 Å². The van der Waals surface area contributed by atoms with E-state index in [1.807, 2.05) is 31.2 Å². The molecule has 0 aliphatic carbocycles. The number of amides is 1. The molecule has 0 saturated carbocycles. The summed E-state index contributed by atoms with van der Waals surface area (Å²) in [6, 6.07) is 11.3. The Hall–Kier alpha value is -1.37. The summed E-state index contributed by atoms with van der Waals surface area (Å²) in [4.78, 5) is 14.7. The predicted octanol–water partition coefficient (Wildman–Crippen LogP) is 4.76. The van der Waals surface area contributed by atoms with E-state index in [1.165, 1.54) is 11.8 Å². The molecular formula is C15H10BrNO2S2. The zero-order chi connectivity index (χ0) is 15.0. The molecule has 1 aromatic carbocycles. The minimum Gasteiger partial charge on any atom is -0.450 e. The molecule has 21 heavy (non-hydrogen) atoms. The Morgan fingerprint density at radius 1 is 1.29 bits per heavy atom. The molecule has 2 heterocycles. The van der Waals surface area contributed by atoms with Crippen molar-refractivity contribution in [2.75, 3.05) is 4.90 Å². The molecule has 6 heteroatoms. The topological polar surface area (TPSA) is 33.5 Å². The SMILES string of the molecule is Cc1ccccc1N1C(=O)/C(=C\c2ccc(Br)o2)SC1=S. The lowest BCUT2D eigenvalue weighted by atomic mass is 10.2. The number of nitrogens with zero attached hydrogens (tertiary/aromatic N) is 1.